The average Bonchev–Trinajstić information content (AvgIpc) is 3.05. The second-order valence-electron chi connectivity index (χ2n) is 3.85. The van der Waals surface area contributed by atoms with Gasteiger partial charge in [0.25, 0.3) is 10.0 Å². The van der Waals surface area contributed by atoms with Gasteiger partial charge in [0.1, 0.15) is 17.7 Å². The van der Waals surface area contributed by atoms with Gasteiger partial charge in [-0.25, -0.2) is 22.9 Å². The van der Waals surface area contributed by atoms with E-state index in [4.69, 9.17) is 5.11 Å². The molecule has 0 fully saturated rings. The molecule has 10 nitrogen and oxygen atoms in total. The molecule has 20 heavy (non-hydrogen) atoms. The molecule has 0 aromatic carbocycles. The van der Waals surface area contributed by atoms with Crippen LogP contribution in [0.4, 0.5) is 0 Å². The van der Waals surface area contributed by atoms with E-state index in [1.807, 2.05) is 0 Å². The fraction of sp³-hybridized carbons (Fsp3) is 0.333. The summed E-state index contributed by atoms with van der Waals surface area (Å²) >= 11 is 0. The summed E-state index contributed by atoms with van der Waals surface area (Å²) in [4.78, 5) is 14.7. The number of sulfonamides is 1. The van der Waals surface area contributed by atoms with Crippen molar-refractivity contribution in [2.75, 3.05) is 6.54 Å². The highest BCUT2D eigenvalue weighted by molar-refractivity contribution is 7.89. The largest absolute Gasteiger partial charge is 0.478 e. The molecule has 2 aromatic rings. The van der Waals surface area contributed by atoms with Crippen LogP contribution in [-0.4, -0.2) is 51.4 Å². The Morgan fingerprint density at radius 2 is 2.15 bits per heavy atom. The van der Waals surface area contributed by atoms with Crippen LogP contribution in [0.2, 0.25) is 0 Å². The van der Waals surface area contributed by atoms with Gasteiger partial charge < -0.3 is 5.11 Å². The Morgan fingerprint density at radius 1 is 1.35 bits per heavy atom. The molecule has 0 aliphatic rings. The third-order valence-corrected chi connectivity index (χ3v) is 3.88. The van der Waals surface area contributed by atoms with Crippen molar-refractivity contribution < 1.29 is 18.3 Å². The molecule has 2 rings (SSSR count). The lowest BCUT2D eigenvalue weighted by atomic mass is 10.3. The third kappa shape index (κ3) is 3.19. The average molecular weight is 300 g/mol. The lowest BCUT2D eigenvalue weighted by Crippen LogP contribution is -2.27. The van der Waals surface area contributed by atoms with Crippen LogP contribution in [-0.2, 0) is 16.4 Å². The lowest BCUT2D eigenvalue weighted by Gasteiger charge is -2.04. The summed E-state index contributed by atoms with van der Waals surface area (Å²) in [6.45, 7) is 0.140. The molecule has 0 radical (unpaired) electrons. The van der Waals surface area contributed by atoms with Crippen molar-refractivity contribution in [2.24, 2.45) is 0 Å². The van der Waals surface area contributed by atoms with Crippen molar-refractivity contribution in [3.63, 3.8) is 0 Å². The molecule has 11 heteroatoms. The van der Waals surface area contributed by atoms with Gasteiger partial charge >= 0.3 is 5.97 Å². The summed E-state index contributed by atoms with van der Waals surface area (Å²) in [5, 5.41) is 20.3. The number of aromatic amines is 2. The molecule has 0 saturated carbocycles. The third-order valence-electron chi connectivity index (χ3n) is 2.45. The van der Waals surface area contributed by atoms with Gasteiger partial charge in [0.05, 0.1) is 6.20 Å². The number of rotatable bonds is 7. The highest BCUT2D eigenvalue weighted by Crippen LogP contribution is 2.11. The van der Waals surface area contributed by atoms with Gasteiger partial charge in [0, 0.05) is 13.0 Å². The van der Waals surface area contributed by atoms with E-state index in [1.54, 1.807) is 0 Å². The highest BCUT2D eigenvalue weighted by Gasteiger charge is 2.24. The number of nitrogens with zero attached hydrogens (tertiary/aromatic N) is 3. The summed E-state index contributed by atoms with van der Waals surface area (Å²) in [7, 11) is -3.93. The van der Waals surface area contributed by atoms with Crippen molar-refractivity contribution in [3.8, 4) is 0 Å². The van der Waals surface area contributed by atoms with Crippen LogP contribution in [0.15, 0.2) is 17.6 Å². The van der Waals surface area contributed by atoms with Gasteiger partial charge in [-0.05, 0) is 6.42 Å². The molecule has 0 amide bonds. The predicted molar refractivity (Wildman–Crippen MR) is 65.4 cm³/mol. The SMILES string of the molecule is O=C(O)c1cn[nH]c1S(=O)(=O)NCCCc1ncn[nH]1. The van der Waals surface area contributed by atoms with Gasteiger partial charge in [-0.15, -0.1) is 0 Å². The molecule has 0 atom stereocenters. The number of hydrogen-bond acceptors (Lipinski definition) is 6. The van der Waals surface area contributed by atoms with Crippen LogP contribution in [0.25, 0.3) is 0 Å². The lowest BCUT2D eigenvalue weighted by molar-refractivity contribution is 0.0692. The Kier molecular flexibility index (Phi) is 4.10. The number of carboxylic acids is 1. The van der Waals surface area contributed by atoms with Crippen LogP contribution >= 0.6 is 0 Å². The maximum absolute atomic E-state index is 11.9. The molecule has 0 aliphatic heterocycles. The number of H-pyrrole nitrogens is 2. The van der Waals surface area contributed by atoms with Gasteiger partial charge in [-0.3, -0.25) is 10.2 Å². The van der Waals surface area contributed by atoms with Crippen molar-refractivity contribution in [2.45, 2.75) is 17.9 Å². The normalized spacial score (nSPS) is 11.6. The van der Waals surface area contributed by atoms with E-state index in [0.29, 0.717) is 18.7 Å². The summed E-state index contributed by atoms with van der Waals surface area (Å²) in [6.07, 6.45) is 3.33. The Balaban J connectivity index is 1.94. The fourth-order valence-corrected chi connectivity index (χ4v) is 2.68. The molecule has 108 valence electrons. The smallest absolute Gasteiger partial charge is 0.340 e. The quantitative estimate of drug-likeness (QED) is 0.485. The van der Waals surface area contributed by atoms with Gasteiger partial charge in [-0.1, -0.05) is 0 Å². The van der Waals surface area contributed by atoms with Crippen molar-refractivity contribution in [1.29, 1.82) is 0 Å². The minimum absolute atomic E-state index is 0.140. The number of nitrogens with one attached hydrogen (secondary N) is 3. The topological polar surface area (TPSA) is 154 Å². The maximum atomic E-state index is 11.9. The number of aryl methyl sites for hydroxylation is 1. The van der Waals surface area contributed by atoms with E-state index >= 15 is 0 Å². The van der Waals surface area contributed by atoms with E-state index < -0.39 is 26.6 Å². The minimum atomic E-state index is -3.93. The number of aromatic carboxylic acids is 1. The molecule has 2 heterocycles. The first kappa shape index (κ1) is 14.1. The van der Waals surface area contributed by atoms with E-state index in [1.165, 1.54) is 6.33 Å². The Hall–Kier alpha value is -2.27. The maximum Gasteiger partial charge on any atom is 0.340 e. The summed E-state index contributed by atoms with van der Waals surface area (Å²) in [5.41, 5.74) is -0.396. The molecular weight excluding hydrogens is 288 g/mol. The standard InChI is InChI=1S/C9H12N6O4S/c16-9(17)6-4-11-15-8(6)20(18,19)13-3-1-2-7-10-5-12-14-7/h4-5,13H,1-3H2,(H,11,15)(H,16,17)(H,10,12,14). The van der Waals surface area contributed by atoms with E-state index in [9.17, 15) is 13.2 Å². The highest BCUT2D eigenvalue weighted by atomic mass is 32.2. The fourth-order valence-electron chi connectivity index (χ4n) is 1.52. The molecule has 4 N–H and O–H groups in total. The van der Waals surface area contributed by atoms with Gasteiger partial charge in [0.2, 0.25) is 0 Å². The minimum Gasteiger partial charge on any atom is -0.478 e. The van der Waals surface area contributed by atoms with E-state index in [2.05, 4.69) is 30.1 Å². The van der Waals surface area contributed by atoms with Crippen LogP contribution in [0.3, 0.4) is 0 Å². The molecule has 0 spiro atoms. The second kappa shape index (κ2) is 5.79. The van der Waals surface area contributed by atoms with E-state index in [-0.39, 0.29) is 6.54 Å². The zero-order valence-corrected chi connectivity index (χ0v) is 11.0. The first-order valence-corrected chi connectivity index (χ1v) is 7.09. The Morgan fingerprint density at radius 3 is 2.80 bits per heavy atom. The predicted octanol–water partition coefficient (Wildman–Crippen LogP) is -0.863. The van der Waals surface area contributed by atoms with Crippen LogP contribution in [0.5, 0.6) is 0 Å². The van der Waals surface area contributed by atoms with Crippen molar-refractivity contribution >= 4 is 16.0 Å². The first-order chi connectivity index (χ1) is 9.50. The van der Waals surface area contributed by atoms with Crippen LogP contribution in [0, 0.1) is 0 Å². The van der Waals surface area contributed by atoms with Crippen molar-refractivity contribution in [1.82, 2.24) is 30.1 Å². The van der Waals surface area contributed by atoms with Gasteiger partial charge in [0.15, 0.2) is 5.03 Å². The zero-order valence-electron chi connectivity index (χ0n) is 10.2. The molecule has 0 unspecified atom stereocenters. The van der Waals surface area contributed by atoms with Crippen molar-refractivity contribution in [3.05, 3.63) is 23.9 Å². The summed E-state index contributed by atoms with van der Waals surface area (Å²) in [5.74, 6) is -0.710. The zero-order chi connectivity index (χ0) is 14.6. The first-order valence-electron chi connectivity index (χ1n) is 5.61. The van der Waals surface area contributed by atoms with E-state index in [0.717, 1.165) is 6.20 Å². The molecule has 2 aromatic heterocycles. The second-order valence-corrected chi connectivity index (χ2v) is 5.56. The van der Waals surface area contributed by atoms with Crippen LogP contribution < -0.4 is 4.72 Å². The number of aromatic nitrogens is 5. The number of hydrogen-bond donors (Lipinski definition) is 4. The van der Waals surface area contributed by atoms with Gasteiger partial charge in [-0.2, -0.15) is 10.2 Å². The molecule has 0 aliphatic carbocycles. The molecule has 0 saturated heterocycles. The van der Waals surface area contributed by atoms with Crippen LogP contribution in [0.1, 0.15) is 22.6 Å². The Bertz CT molecular complexity index is 677. The summed E-state index contributed by atoms with van der Waals surface area (Å²) < 4.78 is 26.1. The number of carboxylic acid groups (broad SMARTS) is 1. The monoisotopic (exact) mass is 300 g/mol. The molecule has 0 bridgehead atoms. The molecular formula is C9H12N6O4S. The Labute approximate surface area is 113 Å². The summed E-state index contributed by atoms with van der Waals surface area (Å²) in [6, 6.07) is 0. The number of carbonyl (C=O) groups is 1.